The van der Waals surface area contributed by atoms with Crippen molar-refractivity contribution in [2.45, 2.75) is 6.61 Å². The van der Waals surface area contributed by atoms with Gasteiger partial charge in [-0.2, -0.15) is 0 Å². The second kappa shape index (κ2) is 8.85. The first-order valence-electron chi connectivity index (χ1n) is 9.36. The summed E-state index contributed by atoms with van der Waals surface area (Å²) in [4.78, 5) is 23.5. The molecule has 4 rings (SSSR count). The van der Waals surface area contributed by atoms with E-state index < -0.39 is 4.92 Å². The number of nitro groups is 1. The third kappa shape index (κ3) is 4.65. The Balaban J connectivity index is 1.42. The van der Waals surface area contributed by atoms with Crippen LogP contribution in [0.15, 0.2) is 72.1 Å². The molecular weight excluding hydrogens is 416 g/mol. The number of methoxy groups -OCH3 is 1. The van der Waals surface area contributed by atoms with Crippen LogP contribution in [0.1, 0.15) is 15.2 Å². The molecule has 1 heterocycles. The number of thiophene rings is 1. The van der Waals surface area contributed by atoms with Crippen LogP contribution in [-0.4, -0.2) is 17.9 Å². The van der Waals surface area contributed by atoms with Crippen LogP contribution in [0.5, 0.6) is 11.5 Å². The van der Waals surface area contributed by atoms with E-state index in [-0.39, 0.29) is 17.3 Å². The Morgan fingerprint density at radius 1 is 1.06 bits per heavy atom. The Hall–Kier alpha value is -3.91. The fourth-order valence-corrected chi connectivity index (χ4v) is 3.87. The maximum absolute atomic E-state index is 12.6. The normalized spacial score (nSPS) is 10.6. The molecule has 8 heteroatoms. The lowest BCUT2D eigenvalue weighted by atomic mass is 10.1. The number of nitrogens with one attached hydrogen (secondary N) is 1. The van der Waals surface area contributed by atoms with Crippen LogP contribution in [0.3, 0.4) is 0 Å². The summed E-state index contributed by atoms with van der Waals surface area (Å²) < 4.78 is 11.0. The molecule has 0 fully saturated rings. The molecule has 0 atom stereocenters. The van der Waals surface area contributed by atoms with Crippen LogP contribution >= 0.6 is 11.3 Å². The van der Waals surface area contributed by atoms with E-state index in [1.54, 1.807) is 6.07 Å². The number of nitrogens with zero attached hydrogens (tertiary/aromatic N) is 1. The Morgan fingerprint density at radius 3 is 2.65 bits per heavy atom. The summed E-state index contributed by atoms with van der Waals surface area (Å²) in [7, 11) is 1.39. The molecule has 0 spiro atoms. The van der Waals surface area contributed by atoms with Crippen LogP contribution in [-0.2, 0) is 6.61 Å². The number of ether oxygens (including phenoxy) is 2. The van der Waals surface area contributed by atoms with Gasteiger partial charge in [-0.1, -0.05) is 30.3 Å². The largest absolute Gasteiger partial charge is 0.494 e. The quantitative estimate of drug-likeness (QED) is 0.300. The standard InChI is InChI=1S/C23H18N2O5S/c1-29-21-12-18(25(27)28)7-9-20(21)24-23(26)22-10-15(14-31-22)13-30-19-8-6-16-4-2-3-5-17(16)11-19/h2-12,14H,13H2,1H3,(H,24,26). The summed E-state index contributed by atoms with van der Waals surface area (Å²) in [6, 6.07) is 19.8. The number of carbonyl (C=O) groups is 1. The van der Waals surface area contributed by atoms with Crippen molar-refractivity contribution in [1.29, 1.82) is 0 Å². The summed E-state index contributed by atoms with van der Waals surface area (Å²) >= 11 is 1.30. The smallest absolute Gasteiger partial charge is 0.273 e. The average Bonchev–Trinajstić information content (AvgIpc) is 3.27. The molecule has 4 aromatic rings. The zero-order valence-corrected chi connectivity index (χ0v) is 17.3. The van der Waals surface area contributed by atoms with Crippen LogP contribution in [0.4, 0.5) is 11.4 Å². The summed E-state index contributed by atoms with van der Waals surface area (Å²) in [6.45, 7) is 0.336. The minimum atomic E-state index is -0.519. The van der Waals surface area contributed by atoms with Gasteiger partial charge in [0.05, 0.1) is 28.7 Å². The highest BCUT2D eigenvalue weighted by Gasteiger charge is 2.15. The first kappa shape index (κ1) is 20.4. The molecular formula is C23H18N2O5S. The topological polar surface area (TPSA) is 90.7 Å². The molecule has 3 aromatic carbocycles. The van der Waals surface area contributed by atoms with Gasteiger partial charge >= 0.3 is 0 Å². The summed E-state index contributed by atoms with van der Waals surface area (Å²) in [6.07, 6.45) is 0. The molecule has 31 heavy (non-hydrogen) atoms. The van der Waals surface area contributed by atoms with Gasteiger partial charge in [-0.15, -0.1) is 11.3 Å². The number of non-ortho nitro benzene ring substituents is 1. The van der Waals surface area contributed by atoms with Gasteiger partial charge in [-0.05, 0) is 40.4 Å². The molecule has 0 saturated heterocycles. The maximum atomic E-state index is 12.6. The second-order valence-corrected chi connectivity index (χ2v) is 7.62. The summed E-state index contributed by atoms with van der Waals surface area (Å²) in [5.74, 6) is 0.652. The van der Waals surface area contributed by atoms with Crippen LogP contribution < -0.4 is 14.8 Å². The second-order valence-electron chi connectivity index (χ2n) is 6.71. The molecule has 0 saturated carbocycles. The zero-order chi connectivity index (χ0) is 21.8. The van der Waals surface area contributed by atoms with E-state index in [0.717, 1.165) is 22.1 Å². The van der Waals surface area contributed by atoms with Gasteiger partial charge in [0.15, 0.2) is 0 Å². The minimum Gasteiger partial charge on any atom is -0.494 e. The maximum Gasteiger partial charge on any atom is 0.273 e. The monoisotopic (exact) mass is 434 g/mol. The third-order valence-corrected chi connectivity index (χ3v) is 5.63. The van der Waals surface area contributed by atoms with Crippen molar-refractivity contribution in [2.75, 3.05) is 12.4 Å². The number of fused-ring (bicyclic) bond motifs is 1. The van der Waals surface area contributed by atoms with Crippen molar-refractivity contribution in [3.05, 3.63) is 92.7 Å². The number of carbonyl (C=O) groups excluding carboxylic acids is 1. The number of benzene rings is 3. The van der Waals surface area contributed by atoms with E-state index in [2.05, 4.69) is 5.32 Å². The highest BCUT2D eigenvalue weighted by molar-refractivity contribution is 7.12. The molecule has 1 N–H and O–H groups in total. The van der Waals surface area contributed by atoms with Crippen LogP contribution in [0.2, 0.25) is 0 Å². The predicted molar refractivity (Wildman–Crippen MR) is 120 cm³/mol. The number of rotatable bonds is 7. The average molecular weight is 434 g/mol. The summed E-state index contributed by atoms with van der Waals surface area (Å²) in [5.41, 5.74) is 1.12. The molecule has 1 amide bonds. The van der Waals surface area contributed by atoms with Crippen molar-refractivity contribution >= 4 is 39.4 Å². The zero-order valence-electron chi connectivity index (χ0n) is 16.5. The van der Waals surface area contributed by atoms with E-state index in [1.807, 2.05) is 47.8 Å². The molecule has 156 valence electrons. The first-order valence-corrected chi connectivity index (χ1v) is 10.2. The lowest BCUT2D eigenvalue weighted by Gasteiger charge is -2.09. The Morgan fingerprint density at radius 2 is 1.87 bits per heavy atom. The third-order valence-electron chi connectivity index (χ3n) is 4.65. The van der Waals surface area contributed by atoms with Crippen molar-refractivity contribution in [1.82, 2.24) is 0 Å². The number of amides is 1. The van der Waals surface area contributed by atoms with Crippen LogP contribution in [0, 0.1) is 10.1 Å². The number of hydrogen-bond donors (Lipinski definition) is 1. The van der Waals surface area contributed by atoms with Gasteiger partial charge in [0, 0.05) is 11.6 Å². The highest BCUT2D eigenvalue weighted by Crippen LogP contribution is 2.30. The van der Waals surface area contributed by atoms with Crippen molar-refractivity contribution in [3.63, 3.8) is 0 Å². The van der Waals surface area contributed by atoms with Crippen LogP contribution in [0.25, 0.3) is 10.8 Å². The number of anilines is 1. The van der Waals surface area contributed by atoms with Gasteiger partial charge in [0.1, 0.15) is 18.1 Å². The van der Waals surface area contributed by atoms with E-state index >= 15 is 0 Å². The van der Waals surface area contributed by atoms with E-state index in [4.69, 9.17) is 9.47 Å². The van der Waals surface area contributed by atoms with E-state index in [9.17, 15) is 14.9 Å². The van der Waals surface area contributed by atoms with Gasteiger partial charge in [-0.3, -0.25) is 14.9 Å². The molecule has 0 unspecified atom stereocenters. The molecule has 0 bridgehead atoms. The van der Waals surface area contributed by atoms with E-state index in [1.165, 1.54) is 36.6 Å². The number of nitro benzene ring substituents is 1. The Kier molecular flexibility index (Phi) is 5.81. The molecule has 0 aliphatic carbocycles. The summed E-state index contributed by atoms with van der Waals surface area (Å²) in [5, 5.41) is 17.8. The minimum absolute atomic E-state index is 0.112. The highest BCUT2D eigenvalue weighted by atomic mass is 32.1. The van der Waals surface area contributed by atoms with Gasteiger partial charge < -0.3 is 14.8 Å². The SMILES string of the molecule is COc1cc([N+](=O)[O-])ccc1NC(=O)c1cc(COc2ccc3ccccc3c2)cs1. The molecule has 0 radical (unpaired) electrons. The lowest BCUT2D eigenvalue weighted by molar-refractivity contribution is -0.384. The first-order chi connectivity index (χ1) is 15.0. The molecule has 7 nitrogen and oxygen atoms in total. The van der Waals surface area contributed by atoms with Gasteiger partial charge in [-0.25, -0.2) is 0 Å². The number of hydrogen-bond acceptors (Lipinski definition) is 6. The molecule has 0 aliphatic rings. The predicted octanol–water partition coefficient (Wildman–Crippen LogP) is 5.65. The van der Waals surface area contributed by atoms with E-state index in [0.29, 0.717) is 17.2 Å². The van der Waals surface area contributed by atoms with Gasteiger partial charge in [0.2, 0.25) is 0 Å². The Labute approximate surface area is 182 Å². The fourth-order valence-electron chi connectivity index (χ4n) is 3.07. The van der Waals surface area contributed by atoms with Gasteiger partial charge in [0.25, 0.3) is 11.6 Å². The van der Waals surface area contributed by atoms with Crippen molar-refractivity contribution in [2.24, 2.45) is 0 Å². The van der Waals surface area contributed by atoms with Crippen molar-refractivity contribution < 1.29 is 19.2 Å². The molecule has 1 aromatic heterocycles. The fraction of sp³-hybridized carbons (Fsp3) is 0.0870. The lowest BCUT2D eigenvalue weighted by Crippen LogP contribution is -2.11. The molecule has 0 aliphatic heterocycles. The Bertz CT molecular complexity index is 1270. The van der Waals surface area contributed by atoms with Crippen molar-refractivity contribution in [3.8, 4) is 11.5 Å².